The van der Waals surface area contributed by atoms with Crippen LogP contribution in [0, 0.1) is 20.8 Å². The minimum atomic E-state index is -3.89. The summed E-state index contributed by atoms with van der Waals surface area (Å²) >= 11 is 0. The first kappa shape index (κ1) is 25.1. The highest BCUT2D eigenvalue weighted by Crippen LogP contribution is 2.33. The Morgan fingerprint density at radius 2 is 1.62 bits per heavy atom. The fraction of sp³-hybridized carbons (Fsp3) is 0.267. The van der Waals surface area contributed by atoms with Gasteiger partial charge in [-0.15, -0.1) is 0 Å². The van der Waals surface area contributed by atoms with Gasteiger partial charge in [0.2, 0.25) is 10.0 Å². The lowest BCUT2D eigenvalue weighted by Gasteiger charge is -2.36. The van der Waals surface area contributed by atoms with Crippen molar-refractivity contribution in [3.8, 4) is 5.69 Å². The van der Waals surface area contributed by atoms with Crippen LogP contribution in [-0.2, 0) is 34.2 Å². The number of fused-ring (bicyclic) bond motifs is 1. The van der Waals surface area contributed by atoms with Gasteiger partial charge in [-0.3, -0.25) is 4.79 Å². The lowest BCUT2D eigenvalue weighted by molar-refractivity contribution is -0.123. The van der Waals surface area contributed by atoms with E-state index in [9.17, 15) is 13.2 Å². The van der Waals surface area contributed by atoms with Gasteiger partial charge in [0.25, 0.3) is 0 Å². The summed E-state index contributed by atoms with van der Waals surface area (Å²) in [7, 11) is -3.89. The van der Waals surface area contributed by atoms with Gasteiger partial charge in [-0.1, -0.05) is 54.1 Å². The molecule has 0 fully saturated rings. The molecule has 0 amide bonds. The molecule has 0 radical (unpaired) electrons. The number of hydrogen-bond acceptors (Lipinski definition) is 4. The predicted molar refractivity (Wildman–Crippen MR) is 144 cm³/mol. The first-order valence-corrected chi connectivity index (χ1v) is 14.0. The van der Waals surface area contributed by atoms with Gasteiger partial charge in [0.05, 0.1) is 16.6 Å². The fourth-order valence-corrected chi connectivity index (χ4v) is 7.39. The SMILES string of the molecule is Cc1cc(C)c(S(=O)(=O)N2Cc3ccccc3CC2C(=O)CCc2ccc(-n3cccn3)cc2)c(C)c1. The van der Waals surface area contributed by atoms with E-state index in [1.165, 1.54) is 4.31 Å². The molecule has 0 bridgehead atoms. The molecule has 37 heavy (non-hydrogen) atoms. The summed E-state index contributed by atoms with van der Waals surface area (Å²) in [4.78, 5) is 13.9. The maximum Gasteiger partial charge on any atom is 0.244 e. The number of nitrogens with zero attached hydrogens (tertiary/aromatic N) is 3. The number of rotatable bonds is 7. The molecule has 3 aromatic carbocycles. The van der Waals surface area contributed by atoms with Crippen molar-refractivity contribution in [1.29, 1.82) is 0 Å². The highest BCUT2D eigenvalue weighted by atomic mass is 32.2. The minimum absolute atomic E-state index is 0.0587. The Balaban J connectivity index is 1.42. The highest BCUT2D eigenvalue weighted by Gasteiger charge is 2.40. The zero-order chi connectivity index (χ0) is 26.2. The molecule has 1 atom stereocenters. The summed E-state index contributed by atoms with van der Waals surface area (Å²) in [5.74, 6) is -0.0587. The quantitative estimate of drug-likeness (QED) is 0.344. The van der Waals surface area contributed by atoms with E-state index in [1.54, 1.807) is 10.9 Å². The molecule has 6 nitrogen and oxygen atoms in total. The van der Waals surface area contributed by atoms with E-state index < -0.39 is 16.1 Å². The van der Waals surface area contributed by atoms with E-state index in [-0.39, 0.29) is 18.7 Å². The molecule has 1 aromatic heterocycles. The Hall–Kier alpha value is -3.55. The third-order valence-corrected chi connectivity index (χ3v) is 9.27. The van der Waals surface area contributed by atoms with E-state index in [4.69, 9.17) is 0 Å². The van der Waals surface area contributed by atoms with Gasteiger partial charge >= 0.3 is 0 Å². The number of benzene rings is 3. The number of Topliss-reactive ketones (excluding diaryl/α,β-unsaturated/α-hetero) is 1. The second-order valence-electron chi connectivity index (χ2n) is 9.85. The minimum Gasteiger partial charge on any atom is -0.298 e. The molecule has 0 N–H and O–H groups in total. The van der Waals surface area contributed by atoms with Crippen molar-refractivity contribution in [2.75, 3.05) is 0 Å². The van der Waals surface area contributed by atoms with Crippen LogP contribution in [0.3, 0.4) is 0 Å². The molecule has 1 aliphatic rings. The number of carbonyl (C=O) groups is 1. The van der Waals surface area contributed by atoms with Crippen molar-refractivity contribution in [2.24, 2.45) is 0 Å². The van der Waals surface area contributed by atoms with Gasteiger partial charge < -0.3 is 0 Å². The second kappa shape index (κ2) is 10.1. The van der Waals surface area contributed by atoms with Crippen molar-refractivity contribution in [2.45, 2.75) is 57.5 Å². The molecule has 0 saturated carbocycles. The molecule has 0 aliphatic carbocycles. The van der Waals surface area contributed by atoms with E-state index in [1.807, 2.05) is 93.7 Å². The smallest absolute Gasteiger partial charge is 0.244 e. The van der Waals surface area contributed by atoms with Gasteiger partial charge in [0, 0.05) is 25.4 Å². The van der Waals surface area contributed by atoms with Crippen LogP contribution < -0.4 is 0 Å². The van der Waals surface area contributed by atoms with E-state index in [2.05, 4.69) is 5.10 Å². The average Bonchev–Trinajstić information content (AvgIpc) is 3.41. The van der Waals surface area contributed by atoms with Gasteiger partial charge in [-0.05, 0) is 79.6 Å². The molecular formula is C30H31N3O3S. The Morgan fingerprint density at radius 1 is 0.946 bits per heavy atom. The van der Waals surface area contributed by atoms with E-state index in [0.29, 0.717) is 28.9 Å². The number of carbonyl (C=O) groups excluding carboxylic acids is 1. The van der Waals surface area contributed by atoms with Crippen LogP contribution in [0.1, 0.15) is 39.8 Å². The van der Waals surface area contributed by atoms with Crippen LogP contribution in [0.25, 0.3) is 5.69 Å². The summed E-state index contributed by atoms with van der Waals surface area (Å²) in [6, 6.07) is 20.7. The molecule has 1 aliphatic heterocycles. The van der Waals surface area contributed by atoms with Crippen LogP contribution in [0.4, 0.5) is 0 Å². The van der Waals surface area contributed by atoms with Crippen LogP contribution >= 0.6 is 0 Å². The zero-order valence-corrected chi connectivity index (χ0v) is 22.2. The van der Waals surface area contributed by atoms with Gasteiger partial charge in [-0.2, -0.15) is 9.40 Å². The van der Waals surface area contributed by atoms with Crippen molar-refractivity contribution < 1.29 is 13.2 Å². The maximum absolute atomic E-state index is 14.1. The first-order valence-electron chi connectivity index (χ1n) is 12.5. The maximum atomic E-state index is 14.1. The Labute approximate surface area is 218 Å². The molecule has 0 saturated heterocycles. The zero-order valence-electron chi connectivity index (χ0n) is 21.4. The molecule has 4 aromatic rings. The Bertz CT molecular complexity index is 1520. The summed E-state index contributed by atoms with van der Waals surface area (Å²) in [5, 5.41) is 4.24. The Kier molecular flexibility index (Phi) is 6.84. The van der Waals surface area contributed by atoms with E-state index in [0.717, 1.165) is 27.9 Å². The summed E-state index contributed by atoms with van der Waals surface area (Å²) in [6.07, 6.45) is 4.81. The lowest BCUT2D eigenvalue weighted by Crippen LogP contribution is -2.48. The lowest BCUT2D eigenvalue weighted by atomic mass is 9.91. The molecule has 2 heterocycles. The van der Waals surface area contributed by atoms with Crippen molar-refractivity contribution in [3.05, 3.63) is 113 Å². The molecule has 0 spiro atoms. The largest absolute Gasteiger partial charge is 0.298 e. The van der Waals surface area contributed by atoms with Gasteiger partial charge in [-0.25, -0.2) is 13.1 Å². The first-order chi connectivity index (χ1) is 17.7. The van der Waals surface area contributed by atoms with Crippen LogP contribution in [0.2, 0.25) is 0 Å². The topological polar surface area (TPSA) is 72.3 Å². The number of sulfonamides is 1. The van der Waals surface area contributed by atoms with Crippen LogP contribution in [0.5, 0.6) is 0 Å². The van der Waals surface area contributed by atoms with Crippen molar-refractivity contribution in [1.82, 2.24) is 14.1 Å². The highest BCUT2D eigenvalue weighted by molar-refractivity contribution is 7.89. The number of aromatic nitrogens is 2. The summed E-state index contributed by atoms with van der Waals surface area (Å²) < 4.78 is 31.3. The molecule has 5 rings (SSSR count). The summed E-state index contributed by atoms with van der Waals surface area (Å²) in [6.45, 7) is 5.81. The van der Waals surface area contributed by atoms with Gasteiger partial charge in [0.1, 0.15) is 0 Å². The van der Waals surface area contributed by atoms with Gasteiger partial charge in [0.15, 0.2) is 5.78 Å². The molecule has 190 valence electrons. The van der Waals surface area contributed by atoms with Crippen LogP contribution in [0.15, 0.2) is 84.0 Å². The normalized spacial score (nSPS) is 15.9. The number of aryl methyl sites for hydroxylation is 4. The second-order valence-corrected chi connectivity index (χ2v) is 11.7. The van der Waals surface area contributed by atoms with Crippen molar-refractivity contribution in [3.63, 3.8) is 0 Å². The number of hydrogen-bond donors (Lipinski definition) is 0. The van der Waals surface area contributed by atoms with E-state index >= 15 is 0 Å². The summed E-state index contributed by atoms with van der Waals surface area (Å²) in [5.41, 5.74) is 6.40. The van der Waals surface area contributed by atoms with Crippen molar-refractivity contribution >= 4 is 15.8 Å². The standard InChI is InChI=1S/C30H31N3O3S/c1-21-17-22(2)30(23(3)18-21)37(35,36)33-20-26-8-5-4-7-25(26)19-28(33)29(34)14-11-24-9-12-27(13-10-24)32-16-6-15-31-32/h4-10,12-13,15-18,28H,11,14,19-20H2,1-3H3. The molecule has 1 unspecified atom stereocenters. The van der Waals surface area contributed by atoms with Crippen LogP contribution in [-0.4, -0.2) is 34.3 Å². The Morgan fingerprint density at radius 3 is 2.27 bits per heavy atom. The monoisotopic (exact) mass is 513 g/mol. The molecular weight excluding hydrogens is 482 g/mol. The third kappa shape index (κ3) is 5.02. The molecule has 7 heteroatoms. The fourth-order valence-electron chi connectivity index (χ4n) is 5.39. The number of ketones is 1. The predicted octanol–water partition coefficient (Wildman–Crippen LogP) is 5.12. The third-order valence-electron chi connectivity index (χ3n) is 7.11. The average molecular weight is 514 g/mol.